The molecule has 1 aromatic heterocycles. The zero-order valence-electron chi connectivity index (χ0n) is 23.5. The van der Waals surface area contributed by atoms with E-state index in [0.29, 0.717) is 31.9 Å². The van der Waals surface area contributed by atoms with Crippen LogP contribution in [0.2, 0.25) is 18.1 Å². The van der Waals surface area contributed by atoms with Gasteiger partial charge in [0.05, 0.1) is 37.4 Å². The third-order valence-electron chi connectivity index (χ3n) is 7.49. The number of unbranched alkanes of at least 4 members (excludes halogenated alkanes) is 1. The molecule has 0 spiro atoms. The van der Waals surface area contributed by atoms with Gasteiger partial charge in [0.1, 0.15) is 5.56 Å². The summed E-state index contributed by atoms with van der Waals surface area (Å²) in [5, 5.41) is 16.2. The first-order valence-corrected chi connectivity index (χ1v) is 16.9. The van der Waals surface area contributed by atoms with Gasteiger partial charge in [0.2, 0.25) is 0 Å². The van der Waals surface area contributed by atoms with Crippen LogP contribution in [0.3, 0.4) is 0 Å². The Morgan fingerprint density at radius 2 is 2.00 bits per heavy atom. The molecule has 8 nitrogen and oxygen atoms in total. The average molecular weight is 561 g/mol. The molecule has 1 aliphatic rings. The van der Waals surface area contributed by atoms with Crippen LogP contribution >= 0.6 is 11.3 Å². The number of hydrogen-bond donors (Lipinski definition) is 0. The fraction of sp³-hybridized carbons (Fsp3) is 0.536. The highest BCUT2D eigenvalue weighted by Crippen LogP contribution is 2.39. The Labute approximate surface area is 230 Å². The van der Waals surface area contributed by atoms with Crippen LogP contribution in [0.15, 0.2) is 35.0 Å². The largest absolute Gasteiger partial charge is 0.493 e. The van der Waals surface area contributed by atoms with Gasteiger partial charge in [-0.05, 0) is 58.9 Å². The lowest BCUT2D eigenvalue weighted by Crippen LogP contribution is -2.49. The number of rotatable bonds is 11. The molecule has 0 unspecified atom stereocenters. The smallest absolute Gasteiger partial charge is 0.286 e. The molecule has 3 rings (SSSR count). The third-order valence-corrected chi connectivity index (χ3v) is 12.7. The summed E-state index contributed by atoms with van der Waals surface area (Å²) in [5.41, 5.74) is 1.99. The predicted molar refractivity (Wildman–Crippen MR) is 155 cm³/mol. The summed E-state index contributed by atoms with van der Waals surface area (Å²) in [4.78, 5) is 27.2. The number of nitro groups is 1. The van der Waals surface area contributed by atoms with Crippen molar-refractivity contribution < 1.29 is 23.6 Å². The Hall–Kier alpha value is -2.69. The number of thiophene rings is 1. The van der Waals surface area contributed by atoms with Crippen molar-refractivity contribution >= 4 is 36.8 Å². The van der Waals surface area contributed by atoms with Gasteiger partial charge in [-0.1, -0.05) is 40.2 Å². The van der Waals surface area contributed by atoms with Gasteiger partial charge < -0.3 is 18.8 Å². The molecule has 0 radical (unpaired) electrons. The van der Waals surface area contributed by atoms with Crippen LogP contribution in [0.4, 0.5) is 5.69 Å². The van der Waals surface area contributed by atoms with Crippen LogP contribution < -0.4 is 9.47 Å². The maximum absolute atomic E-state index is 13.9. The Morgan fingerprint density at radius 1 is 1.26 bits per heavy atom. The van der Waals surface area contributed by atoms with Crippen molar-refractivity contribution in [3.63, 3.8) is 0 Å². The molecule has 10 heteroatoms. The monoisotopic (exact) mass is 560 g/mol. The lowest BCUT2D eigenvalue weighted by atomic mass is 9.95. The van der Waals surface area contributed by atoms with Crippen LogP contribution in [0, 0.1) is 10.1 Å². The zero-order chi connectivity index (χ0) is 28.1. The van der Waals surface area contributed by atoms with E-state index in [4.69, 9.17) is 13.9 Å². The van der Waals surface area contributed by atoms with Crippen molar-refractivity contribution in [1.29, 1.82) is 0 Å². The van der Waals surface area contributed by atoms with E-state index in [9.17, 15) is 14.9 Å². The van der Waals surface area contributed by atoms with E-state index in [1.54, 1.807) is 16.2 Å². The molecular formula is C28H40N2O6SSi. The number of nitrogens with zero attached hydrogens (tertiary/aromatic N) is 2. The van der Waals surface area contributed by atoms with Crippen LogP contribution in [0.25, 0.3) is 5.57 Å². The molecule has 0 N–H and O–H groups in total. The summed E-state index contributed by atoms with van der Waals surface area (Å²) in [5.74, 6) is 0.149. The lowest BCUT2D eigenvalue weighted by Gasteiger charge is -2.40. The number of amides is 1. The first-order valence-electron chi connectivity index (χ1n) is 13.0. The van der Waals surface area contributed by atoms with Gasteiger partial charge >= 0.3 is 0 Å². The summed E-state index contributed by atoms with van der Waals surface area (Å²) >= 11 is 1.63. The Kier molecular flexibility index (Phi) is 9.78. The van der Waals surface area contributed by atoms with Crippen molar-refractivity contribution in [2.75, 3.05) is 26.9 Å². The summed E-state index contributed by atoms with van der Waals surface area (Å²) in [6.45, 7) is 14.1. The average Bonchev–Trinajstić information content (AvgIpc) is 3.41. The molecule has 1 aromatic carbocycles. The number of hydrogen-bond acceptors (Lipinski definition) is 7. The van der Waals surface area contributed by atoms with Gasteiger partial charge in [0.15, 0.2) is 19.8 Å². The molecule has 1 atom stereocenters. The molecule has 0 saturated carbocycles. The highest BCUT2D eigenvalue weighted by Gasteiger charge is 2.40. The second kappa shape index (κ2) is 12.4. The number of benzene rings is 1. The Balaban J connectivity index is 1.98. The van der Waals surface area contributed by atoms with E-state index in [-0.39, 0.29) is 28.1 Å². The van der Waals surface area contributed by atoms with E-state index in [1.165, 1.54) is 19.2 Å². The number of carbonyl (C=O) groups is 1. The number of carbonyl (C=O) groups excluding carboxylic acids is 1. The third kappa shape index (κ3) is 6.84. The van der Waals surface area contributed by atoms with Crippen molar-refractivity contribution in [1.82, 2.24) is 4.90 Å². The fourth-order valence-electron chi connectivity index (χ4n) is 4.03. The minimum Gasteiger partial charge on any atom is -0.493 e. The summed E-state index contributed by atoms with van der Waals surface area (Å²) < 4.78 is 17.8. The predicted octanol–water partition coefficient (Wildman–Crippen LogP) is 7.16. The topological polar surface area (TPSA) is 91.1 Å². The molecule has 1 aliphatic heterocycles. The van der Waals surface area contributed by atoms with Crippen LogP contribution in [0.1, 0.15) is 62.9 Å². The second-order valence-electron chi connectivity index (χ2n) is 11.1. The van der Waals surface area contributed by atoms with E-state index in [1.807, 2.05) is 18.4 Å². The van der Waals surface area contributed by atoms with Crippen molar-refractivity contribution in [2.45, 2.75) is 71.1 Å². The van der Waals surface area contributed by atoms with E-state index >= 15 is 0 Å². The lowest BCUT2D eigenvalue weighted by molar-refractivity contribution is -0.385. The molecular weight excluding hydrogens is 520 g/mol. The molecule has 0 fully saturated rings. The van der Waals surface area contributed by atoms with Gasteiger partial charge in [-0.3, -0.25) is 14.9 Å². The van der Waals surface area contributed by atoms with Crippen LogP contribution in [-0.2, 0) is 4.43 Å². The number of methoxy groups -OCH3 is 1. The Bertz CT molecular complexity index is 1160. The van der Waals surface area contributed by atoms with Gasteiger partial charge in [-0.25, -0.2) is 0 Å². The molecule has 208 valence electrons. The van der Waals surface area contributed by atoms with E-state index in [2.05, 4.69) is 45.3 Å². The summed E-state index contributed by atoms with van der Waals surface area (Å²) in [6.07, 6.45) is 4.38. The molecule has 0 saturated heterocycles. The van der Waals surface area contributed by atoms with Gasteiger partial charge in [0, 0.05) is 12.6 Å². The van der Waals surface area contributed by atoms with Gasteiger partial charge in [0.25, 0.3) is 11.6 Å². The fourth-order valence-corrected chi connectivity index (χ4v) is 5.75. The quantitative estimate of drug-likeness (QED) is 0.125. The van der Waals surface area contributed by atoms with Crippen molar-refractivity contribution in [3.05, 3.63) is 56.3 Å². The first kappa shape index (κ1) is 29.9. The zero-order valence-corrected chi connectivity index (χ0v) is 25.4. The maximum atomic E-state index is 13.9. The number of ether oxygens (including phenoxy) is 2. The highest BCUT2D eigenvalue weighted by atomic mass is 32.1. The molecule has 2 aromatic rings. The minimum atomic E-state index is -2.09. The molecule has 0 aliphatic carbocycles. The van der Waals surface area contributed by atoms with Crippen molar-refractivity contribution in [2.24, 2.45) is 0 Å². The normalized spacial score (nSPS) is 16.2. The van der Waals surface area contributed by atoms with Crippen LogP contribution in [-0.4, -0.2) is 57.0 Å². The van der Waals surface area contributed by atoms with Crippen LogP contribution in [0.5, 0.6) is 11.5 Å². The number of nitro benzene ring substituents is 1. The Morgan fingerprint density at radius 3 is 2.58 bits per heavy atom. The molecule has 1 amide bonds. The first-order chi connectivity index (χ1) is 17.9. The van der Waals surface area contributed by atoms with Crippen molar-refractivity contribution in [3.8, 4) is 11.5 Å². The van der Waals surface area contributed by atoms with Gasteiger partial charge in [-0.15, -0.1) is 0 Å². The SMILES string of the molecule is CCCCOc1cc([N+](=O)[O-])c(C(=O)N2CC=C(c3ccsc3)C[C@H]2CO[Si](C)(C)C(C)(C)C)cc1OC. The van der Waals surface area contributed by atoms with Gasteiger partial charge in [-0.2, -0.15) is 11.3 Å². The summed E-state index contributed by atoms with van der Waals surface area (Å²) in [6, 6.07) is 4.56. The molecule has 2 heterocycles. The van der Waals surface area contributed by atoms with E-state index < -0.39 is 19.1 Å². The summed E-state index contributed by atoms with van der Waals surface area (Å²) in [7, 11) is -0.621. The van der Waals surface area contributed by atoms with E-state index in [0.717, 1.165) is 24.0 Å². The molecule has 38 heavy (non-hydrogen) atoms. The maximum Gasteiger partial charge on any atom is 0.286 e. The standard InChI is InChI=1S/C28H40N2O6SSi/c1-8-9-13-35-26-17-24(30(32)33)23(16-25(26)34-5)27(31)29-12-10-20(21-11-14-37-19-21)15-22(29)18-36-38(6,7)28(2,3)4/h10-11,14,16-17,19,22H,8-9,12-13,15,18H2,1-7H3/t22-/m0/s1. The minimum absolute atomic E-state index is 0.0144. The highest BCUT2D eigenvalue weighted by molar-refractivity contribution is 7.08. The molecule has 0 bridgehead atoms. The second-order valence-corrected chi connectivity index (χ2v) is 16.7.